The lowest BCUT2D eigenvalue weighted by molar-refractivity contribution is 0.0637. The number of nitrogens with zero attached hydrogens (tertiary/aromatic N) is 5. The number of carbonyl (C=O) groups excluding carboxylic acids is 1. The molecule has 23 heavy (non-hydrogen) atoms. The maximum Gasteiger partial charge on any atom is 0.272 e. The molecule has 6 heteroatoms. The molecular formula is C17H27N5O. The van der Waals surface area contributed by atoms with Gasteiger partial charge < -0.3 is 14.7 Å². The zero-order chi connectivity index (χ0) is 16.2. The fourth-order valence-electron chi connectivity index (χ4n) is 3.26. The summed E-state index contributed by atoms with van der Waals surface area (Å²) in [6.07, 6.45) is 4.05. The average molecular weight is 317 g/mol. The van der Waals surface area contributed by atoms with Gasteiger partial charge in [-0.05, 0) is 31.4 Å². The molecule has 0 spiro atoms. The highest BCUT2D eigenvalue weighted by Gasteiger charge is 2.24. The molecule has 0 bridgehead atoms. The largest absolute Gasteiger partial charge is 0.341 e. The summed E-state index contributed by atoms with van der Waals surface area (Å²) in [5.41, 5.74) is 0.526. The van der Waals surface area contributed by atoms with Crippen LogP contribution < -0.4 is 4.90 Å². The minimum atomic E-state index is 0.0368. The number of hydrogen-bond acceptors (Lipinski definition) is 5. The monoisotopic (exact) mass is 317 g/mol. The van der Waals surface area contributed by atoms with Crippen LogP contribution in [-0.4, -0.2) is 71.5 Å². The lowest BCUT2D eigenvalue weighted by atomic mass is 10.00. The molecule has 0 unspecified atom stereocenters. The molecule has 3 heterocycles. The highest BCUT2D eigenvalue weighted by molar-refractivity contribution is 5.92. The second kappa shape index (κ2) is 7.25. The molecule has 0 radical (unpaired) electrons. The van der Waals surface area contributed by atoms with Gasteiger partial charge in [0, 0.05) is 45.5 Å². The summed E-state index contributed by atoms with van der Waals surface area (Å²) < 4.78 is 0. The summed E-state index contributed by atoms with van der Waals surface area (Å²) in [6.45, 7) is 10.9. The van der Waals surface area contributed by atoms with E-state index in [4.69, 9.17) is 0 Å². The molecule has 2 aliphatic rings. The van der Waals surface area contributed by atoms with E-state index >= 15 is 0 Å². The Morgan fingerprint density at radius 2 is 1.87 bits per heavy atom. The van der Waals surface area contributed by atoms with Gasteiger partial charge in [0.2, 0.25) is 5.95 Å². The van der Waals surface area contributed by atoms with Gasteiger partial charge in [-0.25, -0.2) is 9.97 Å². The van der Waals surface area contributed by atoms with Crippen LogP contribution in [0.2, 0.25) is 0 Å². The molecule has 6 nitrogen and oxygen atoms in total. The third kappa shape index (κ3) is 3.80. The first kappa shape index (κ1) is 16.2. The van der Waals surface area contributed by atoms with Crippen molar-refractivity contribution < 1.29 is 4.79 Å². The molecule has 0 atom stereocenters. The Kier molecular flexibility index (Phi) is 5.10. The van der Waals surface area contributed by atoms with Gasteiger partial charge in [-0.1, -0.05) is 13.8 Å². The van der Waals surface area contributed by atoms with E-state index in [2.05, 4.69) is 33.6 Å². The van der Waals surface area contributed by atoms with Crippen LogP contribution in [0.5, 0.6) is 0 Å². The van der Waals surface area contributed by atoms with Crippen LogP contribution in [0, 0.1) is 5.92 Å². The first-order valence-corrected chi connectivity index (χ1v) is 8.77. The van der Waals surface area contributed by atoms with E-state index in [-0.39, 0.29) is 5.91 Å². The molecule has 0 aliphatic carbocycles. The number of anilines is 1. The summed E-state index contributed by atoms with van der Waals surface area (Å²) in [5.74, 6) is 1.51. The zero-order valence-corrected chi connectivity index (χ0v) is 14.2. The van der Waals surface area contributed by atoms with Crippen molar-refractivity contribution in [2.45, 2.75) is 26.7 Å². The van der Waals surface area contributed by atoms with Crippen molar-refractivity contribution in [3.8, 4) is 0 Å². The van der Waals surface area contributed by atoms with Gasteiger partial charge in [-0.15, -0.1) is 0 Å². The summed E-state index contributed by atoms with van der Waals surface area (Å²) in [7, 11) is 0. The standard InChI is InChI=1S/C17H27N5O/c1-3-20-10-12-21(13-11-20)16(23)15-4-7-18-17(19-15)22-8-5-14(2)6-9-22/h4,7,14H,3,5-6,8-13H2,1-2H3. The van der Waals surface area contributed by atoms with Gasteiger partial charge in [0.25, 0.3) is 5.91 Å². The Hall–Kier alpha value is -1.69. The molecule has 2 fully saturated rings. The van der Waals surface area contributed by atoms with E-state index in [9.17, 15) is 4.79 Å². The van der Waals surface area contributed by atoms with Gasteiger partial charge in [-0.3, -0.25) is 4.79 Å². The lowest BCUT2D eigenvalue weighted by Crippen LogP contribution is -2.48. The van der Waals surface area contributed by atoms with E-state index in [0.29, 0.717) is 11.6 Å². The second-order valence-corrected chi connectivity index (χ2v) is 6.64. The van der Waals surface area contributed by atoms with Gasteiger partial charge in [0.05, 0.1) is 0 Å². The van der Waals surface area contributed by atoms with Crippen molar-refractivity contribution in [1.29, 1.82) is 0 Å². The molecule has 1 amide bonds. The summed E-state index contributed by atoms with van der Waals surface area (Å²) in [5, 5.41) is 0. The third-order valence-corrected chi connectivity index (χ3v) is 5.04. The summed E-state index contributed by atoms with van der Waals surface area (Å²) in [6, 6.07) is 1.74. The number of likely N-dealkylation sites (N-methyl/N-ethyl adjacent to an activating group) is 1. The minimum absolute atomic E-state index is 0.0368. The van der Waals surface area contributed by atoms with E-state index < -0.39 is 0 Å². The maximum atomic E-state index is 12.7. The first-order valence-electron chi connectivity index (χ1n) is 8.77. The van der Waals surface area contributed by atoms with E-state index in [0.717, 1.165) is 51.7 Å². The fraction of sp³-hybridized carbons (Fsp3) is 0.706. The second-order valence-electron chi connectivity index (χ2n) is 6.64. The molecule has 126 valence electrons. The number of hydrogen-bond donors (Lipinski definition) is 0. The molecule has 0 aromatic carbocycles. The van der Waals surface area contributed by atoms with E-state index in [1.54, 1.807) is 12.3 Å². The molecule has 1 aromatic heterocycles. The predicted octanol–water partition coefficient (Wildman–Crippen LogP) is 1.49. The van der Waals surface area contributed by atoms with Crippen molar-refractivity contribution in [2.24, 2.45) is 5.92 Å². The Morgan fingerprint density at radius 3 is 2.52 bits per heavy atom. The van der Waals surface area contributed by atoms with Crippen LogP contribution >= 0.6 is 0 Å². The van der Waals surface area contributed by atoms with Crippen LogP contribution in [0.15, 0.2) is 12.3 Å². The molecular weight excluding hydrogens is 290 g/mol. The highest BCUT2D eigenvalue weighted by atomic mass is 16.2. The van der Waals surface area contributed by atoms with Crippen LogP contribution in [0.3, 0.4) is 0 Å². The Labute approximate surface area is 138 Å². The molecule has 1 aromatic rings. The lowest BCUT2D eigenvalue weighted by Gasteiger charge is -2.34. The Bertz CT molecular complexity index is 534. The maximum absolute atomic E-state index is 12.7. The van der Waals surface area contributed by atoms with Gasteiger partial charge in [-0.2, -0.15) is 0 Å². The van der Waals surface area contributed by atoms with E-state index in [1.807, 2.05) is 4.90 Å². The number of piperidine rings is 1. The van der Waals surface area contributed by atoms with Crippen molar-refractivity contribution >= 4 is 11.9 Å². The SMILES string of the molecule is CCN1CCN(C(=O)c2ccnc(N3CCC(C)CC3)n2)CC1. The Morgan fingerprint density at radius 1 is 1.17 bits per heavy atom. The van der Waals surface area contributed by atoms with Crippen molar-refractivity contribution in [3.63, 3.8) is 0 Å². The number of aromatic nitrogens is 2. The number of carbonyl (C=O) groups is 1. The van der Waals surface area contributed by atoms with Crippen LogP contribution in [0.4, 0.5) is 5.95 Å². The number of rotatable bonds is 3. The molecule has 2 saturated heterocycles. The molecule has 2 aliphatic heterocycles. The first-order chi connectivity index (χ1) is 11.2. The predicted molar refractivity (Wildman–Crippen MR) is 90.7 cm³/mol. The smallest absolute Gasteiger partial charge is 0.272 e. The quantitative estimate of drug-likeness (QED) is 0.845. The van der Waals surface area contributed by atoms with Crippen LogP contribution in [0.1, 0.15) is 37.2 Å². The van der Waals surface area contributed by atoms with Gasteiger partial charge in [0.15, 0.2) is 0 Å². The Balaban J connectivity index is 1.66. The van der Waals surface area contributed by atoms with Crippen molar-refractivity contribution in [1.82, 2.24) is 19.8 Å². The van der Waals surface area contributed by atoms with Crippen LogP contribution in [0.25, 0.3) is 0 Å². The minimum Gasteiger partial charge on any atom is -0.341 e. The van der Waals surface area contributed by atoms with E-state index in [1.165, 1.54) is 12.8 Å². The number of amides is 1. The van der Waals surface area contributed by atoms with Crippen molar-refractivity contribution in [3.05, 3.63) is 18.0 Å². The highest BCUT2D eigenvalue weighted by Crippen LogP contribution is 2.20. The van der Waals surface area contributed by atoms with Gasteiger partial charge >= 0.3 is 0 Å². The summed E-state index contributed by atoms with van der Waals surface area (Å²) >= 11 is 0. The average Bonchev–Trinajstić information content (AvgIpc) is 2.62. The molecule has 0 saturated carbocycles. The van der Waals surface area contributed by atoms with Gasteiger partial charge in [0.1, 0.15) is 5.69 Å². The van der Waals surface area contributed by atoms with Crippen LogP contribution in [-0.2, 0) is 0 Å². The summed E-state index contributed by atoms with van der Waals surface area (Å²) in [4.78, 5) is 28.1. The number of piperazine rings is 1. The van der Waals surface area contributed by atoms with Crippen molar-refractivity contribution in [2.75, 3.05) is 50.7 Å². The normalized spacial score (nSPS) is 20.8. The topological polar surface area (TPSA) is 52.6 Å². The molecule has 3 rings (SSSR count). The third-order valence-electron chi connectivity index (χ3n) is 5.04. The zero-order valence-electron chi connectivity index (χ0n) is 14.2. The fourth-order valence-corrected chi connectivity index (χ4v) is 3.26. The molecule has 0 N–H and O–H groups in total.